The van der Waals surface area contributed by atoms with Gasteiger partial charge in [0.2, 0.25) is 6.79 Å². The van der Waals surface area contributed by atoms with Crippen LogP contribution in [0.25, 0.3) is 0 Å². The van der Waals surface area contributed by atoms with Crippen molar-refractivity contribution in [2.75, 3.05) is 13.8 Å². The van der Waals surface area contributed by atoms with Gasteiger partial charge in [-0.2, -0.15) is 0 Å². The van der Waals surface area contributed by atoms with Crippen LogP contribution in [0.3, 0.4) is 0 Å². The lowest BCUT2D eigenvalue weighted by molar-refractivity contribution is 0.173. The van der Waals surface area contributed by atoms with Crippen LogP contribution in [-0.4, -0.2) is 29.9 Å². The third kappa shape index (κ3) is 2.70. The highest BCUT2D eigenvalue weighted by Gasteiger charge is 2.18. The van der Waals surface area contributed by atoms with E-state index in [0.29, 0.717) is 18.3 Å². The maximum atomic E-state index is 9.97. The fourth-order valence-electron chi connectivity index (χ4n) is 2.16. The summed E-state index contributed by atoms with van der Waals surface area (Å²) in [7, 11) is 2.07. The molecule has 100 valence electrons. The molecule has 0 aliphatic carbocycles. The fraction of sp³-hybridized carbons (Fsp3) is 0.571. The second-order valence-electron chi connectivity index (χ2n) is 4.89. The summed E-state index contributed by atoms with van der Waals surface area (Å²) in [5.41, 5.74) is 0.879. The molecule has 1 aromatic rings. The third-order valence-electron chi connectivity index (χ3n) is 3.45. The molecule has 1 heterocycles. The Morgan fingerprint density at radius 2 is 2.00 bits per heavy atom. The number of nitrogens with zero attached hydrogens (tertiary/aromatic N) is 1. The van der Waals surface area contributed by atoms with E-state index in [-0.39, 0.29) is 12.5 Å². The highest BCUT2D eigenvalue weighted by atomic mass is 16.7. The Labute approximate surface area is 108 Å². The van der Waals surface area contributed by atoms with Crippen LogP contribution in [0.1, 0.15) is 32.3 Å². The van der Waals surface area contributed by atoms with Gasteiger partial charge in [0.15, 0.2) is 11.5 Å². The van der Waals surface area contributed by atoms with Gasteiger partial charge in [0, 0.05) is 24.2 Å². The Morgan fingerprint density at radius 3 is 2.67 bits per heavy atom. The van der Waals surface area contributed by atoms with Gasteiger partial charge in [0.25, 0.3) is 0 Å². The van der Waals surface area contributed by atoms with E-state index in [1.54, 1.807) is 6.07 Å². The van der Waals surface area contributed by atoms with Crippen LogP contribution in [0.5, 0.6) is 17.2 Å². The van der Waals surface area contributed by atoms with Gasteiger partial charge < -0.3 is 14.6 Å². The van der Waals surface area contributed by atoms with Gasteiger partial charge in [-0.3, -0.25) is 4.90 Å². The van der Waals surface area contributed by atoms with Crippen molar-refractivity contribution in [3.63, 3.8) is 0 Å². The van der Waals surface area contributed by atoms with Gasteiger partial charge in [-0.1, -0.05) is 13.3 Å². The zero-order valence-corrected chi connectivity index (χ0v) is 11.3. The summed E-state index contributed by atoms with van der Waals surface area (Å²) in [6.07, 6.45) is 2.32. The van der Waals surface area contributed by atoms with E-state index in [9.17, 15) is 5.11 Å². The highest BCUT2D eigenvalue weighted by Crippen LogP contribution is 2.38. The molecule has 2 rings (SSSR count). The molecule has 1 aromatic carbocycles. The van der Waals surface area contributed by atoms with Gasteiger partial charge >= 0.3 is 0 Å². The van der Waals surface area contributed by atoms with Crippen molar-refractivity contribution in [3.05, 3.63) is 17.7 Å². The highest BCUT2D eigenvalue weighted by molar-refractivity contribution is 5.51. The summed E-state index contributed by atoms with van der Waals surface area (Å²) in [5, 5.41) is 9.97. The van der Waals surface area contributed by atoms with Gasteiger partial charge in [0.1, 0.15) is 5.75 Å². The van der Waals surface area contributed by atoms with Gasteiger partial charge in [-0.25, -0.2) is 0 Å². The summed E-state index contributed by atoms with van der Waals surface area (Å²) in [4.78, 5) is 2.24. The molecule has 1 unspecified atom stereocenters. The molecule has 0 radical (unpaired) electrons. The predicted octanol–water partition coefficient (Wildman–Crippen LogP) is 2.74. The Bertz CT molecular complexity index is 420. The summed E-state index contributed by atoms with van der Waals surface area (Å²) in [6.45, 7) is 5.33. The van der Waals surface area contributed by atoms with Crippen LogP contribution in [0.4, 0.5) is 0 Å². The van der Waals surface area contributed by atoms with Crippen LogP contribution >= 0.6 is 0 Å². The molecule has 18 heavy (non-hydrogen) atoms. The molecule has 0 bridgehead atoms. The van der Waals surface area contributed by atoms with Crippen molar-refractivity contribution in [3.8, 4) is 17.2 Å². The average molecular weight is 251 g/mol. The summed E-state index contributed by atoms with van der Waals surface area (Å²) < 4.78 is 10.6. The minimum atomic E-state index is 0.236. The quantitative estimate of drug-likeness (QED) is 0.873. The second kappa shape index (κ2) is 5.48. The van der Waals surface area contributed by atoms with E-state index in [1.807, 2.05) is 6.07 Å². The number of benzene rings is 1. The summed E-state index contributed by atoms with van der Waals surface area (Å²) in [6, 6.07) is 4.00. The van der Waals surface area contributed by atoms with E-state index < -0.39 is 0 Å². The lowest BCUT2D eigenvalue weighted by Gasteiger charge is -2.24. The number of rotatable bonds is 5. The van der Waals surface area contributed by atoms with Crippen molar-refractivity contribution < 1.29 is 14.6 Å². The molecular weight excluding hydrogens is 230 g/mol. The third-order valence-corrected chi connectivity index (χ3v) is 3.45. The van der Waals surface area contributed by atoms with E-state index in [4.69, 9.17) is 9.47 Å². The van der Waals surface area contributed by atoms with Crippen molar-refractivity contribution in [2.45, 2.75) is 39.3 Å². The summed E-state index contributed by atoms with van der Waals surface area (Å²) in [5.74, 6) is 1.62. The monoisotopic (exact) mass is 251 g/mol. The van der Waals surface area contributed by atoms with E-state index in [2.05, 4.69) is 25.8 Å². The molecule has 1 aliphatic heterocycles. The van der Waals surface area contributed by atoms with Crippen molar-refractivity contribution in [1.82, 2.24) is 4.90 Å². The van der Waals surface area contributed by atoms with Crippen LogP contribution in [0, 0.1) is 0 Å². The zero-order chi connectivity index (χ0) is 13.1. The maximum Gasteiger partial charge on any atom is 0.231 e. The SMILES string of the molecule is CCCC(C)N(C)Cc1cc2c(cc1O)OCO2. The van der Waals surface area contributed by atoms with Crippen molar-refractivity contribution >= 4 is 0 Å². The molecule has 1 N–H and O–H groups in total. The van der Waals surface area contributed by atoms with E-state index in [0.717, 1.165) is 17.7 Å². The van der Waals surface area contributed by atoms with Crippen LogP contribution in [-0.2, 0) is 6.54 Å². The van der Waals surface area contributed by atoms with E-state index >= 15 is 0 Å². The Morgan fingerprint density at radius 1 is 1.33 bits per heavy atom. The van der Waals surface area contributed by atoms with Crippen LogP contribution in [0.2, 0.25) is 0 Å². The predicted molar refractivity (Wildman–Crippen MR) is 70.1 cm³/mol. The number of ether oxygens (including phenoxy) is 2. The van der Waals surface area contributed by atoms with Crippen LogP contribution in [0.15, 0.2) is 12.1 Å². The zero-order valence-electron chi connectivity index (χ0n) is 11.3. The number of phenolic OH excluding ortho intramolecular Hbond substituents is 1. The lowest BCUT2D eigenvalue weighted by Crippen LogP contribution is -2.28. The first-order valence-corrected chi connectivity index (χ1v) is 6.43. The Balaban J connectivity index is 2.09. The Hall–Kier alpha value is -1.42. The van der Waals surface area contributed by atoms with Gasteiger partial charge in [0.05, 0.1) is 0 Å². The average Bonchev–Trinajstić information content (AvgIpc) is 2.76. The first kappa shape index (κ1) is 13.0. The number of fused-ring (bicyclic) bond motifs is 1. The minimum Gasteiger partial charge on any atom is -0.507 e. The summed E-state index contributed by atoms with van der Waals surface area (Å²) >= 11 is 0. The van der Waals surface area contributed by atoms with E-state index in [1.165, 1.54) is 6.42 Å². The topological polar surface area (TPSA) is 41.9 Å². The molecule has 4 heteroatoms. The number of hydrogen-bond donors (Lipinski definition) is 1. The molecule has 4 nitrogen and oxygen atoms in total. The second-order valence-corrected chi connectivity index (χ2v) is 4.89. The first-order valence-electron chi connectivity index (χ1n) is 6.43. The van der Waals surface area contributed by atoms with Crippen molar-refractivity contribution in [2.24, 2.45) is 0 Å². The minimum absolute atomic E-state index is 0.236. The molecule has 0 fully saturated rings. The molecule has 1 aliphatic rings. The van der Waals surface area contributed by atoms with Crippen molar-refractivity contribution in [1.29, 1.82) is 0 Å². The number of hydrogen-bond acceptors (Lipinski definition) is 4. The number of phenols is 1. The first-order chi connectivity index (χ1) is 8.61. The van der Waals surface area contributed by atoms with Crippen LogP contribution < -0.4 is 9.47 Å². The molecule has 0 saturated carbocycles. The Kier molecular flexibility index (Phi) is 3.97. The number of aromatic hydroxyl groups is 1. The standard InChI is InChI=1S/C14H21NO3/c1-4-5-10(2)15(3)8-11-6-13-14(7-12(11)16)18-9-17-13/h6-7,10,16H,4-5,8-9H2,1-3H3. The fourth-order valence-corrected chi connectivity index (χ4v) is 2.16. The normalized spacial score (nSPS) is 15.1. The molecule has 1 atom stereocenters. The smallest absolute Gasteiger partial charge is 0.231 e. The molecule has 0 aromatic heterocycles. The van der Waals surface area contributed by atoms with Gasteiger partial charge in [-0.15, -0.1) is 0 Å². The lowest BCUT2D eigenvalue weighted by atomic mass is 10.1. The molecule has 0 amide bonds. The largest absolute Gasteiger partial charge is 0.507 e. The van der Waals surface area contributed by atoms with Gasteiger partial charge in [-0.05, 0) is 26.5 Å². The molecule has 0 spiro atoms. The molecule has 0 saturated heterocycles. The molecular formula is C14H21NO3. The maximum absolute atomic E-state index is 9.97.